The summed E-state index contributed by atoms with van der Waals surface area (Å²) >= 11 is 0. The number of amides is 2. The molecule has 1 aliphatic heterocycles. The highest BCUT2D eigenvalue weighted by Gasteiger charge is 2.31. The SMILES string of the molecule is CCn1cc(CC(=O)N2CC(C)C(=O)N(C)c3ccccc32)cn1. The summed E-state index contributed by atoms with van der Waals surface area (Å²) < 4.78 is 1.80. The summed E-state index contributed by atoms with van der Waals surface area (Å²) in [6.45, 7) is 5.03. The van der Waals surface area contributed by atoms with Crippen molar-refractivity contribution in [2.24, 2.45) is 5.92 Å². The quantitative estimate of drug-likeness (QED) is 0.868. The van der Waals surface area contributed by atoms with Gasteiger partial charge in [0.2, 0.25) is 11.8 Å². The van der Waals surface area contributed by atoms with Crippen molar-refractivity contribution in [1.82, 2.24) is 9.78 Å². The van der Waals surface area contributed by atoms with Gasteiger partial charge >= 0.3 is 0 Å². The predicted octanol–water partition coefficient (Wildman–Crippen LogP) is 2.09. The first-order valence-corrected chi connectivity index (χ1v) is 8.19. The summed E-state index contributed by atoms with van der Waals surface area (Å²) in [5, 5.41) is 4.22. The molecule has 0 radical (unpaired) electrons. The van der Waals surface area contributed by atoms with Gasteiger partial charge in [0.25, 0.3) is 0 Å². The predicted molar refractivity (Wildman–Crippen MR) is 93.0 cm³/mol. The second kappa shape index (κ2) is 6.47. The minimum Gasteiger partial charge on any atom is -0.313 e. The summed E-state index contributed by atoms with van der Waals surface area (Å²) in [5.41, 5.74) is 2.44. The Morgan fingerprint density at radius 1 is 1.29 bits per heavy atom. The first-order chi connectivity index (χ1) is 11.5. The number of fused-ring (bicyclic) bond motifs is 1. The van der Waals surface area contributed by atoms with Gasteiger partial charge in [-0.15, -0.1) is 0 Å². The van der Waals surface area contributed by atoms with Crippen LogP contribution in [0, 0.1) is 5.92 Å². The molecule has 2 amide bonds. The molecule has 0 saturated carbocycles. The highest BCUT2D eigenvalue weighted by atomic mass is 16.2. The maximum absolute atomic E-state index is 12.9. The third-order valence-electron chi connectivity index (χ3n) is 4.41. The Morgan fingerprint density at radius 3 is 2.67 bits per heavy atom. The van der Waals surface area contributed by atoms with E-state index in [-0.39, 0.29) is 24.2 Å². The molecular formula is C18H22N4O2. The maximum atomic E-state index is 12.9. The van der Waals surface area contributed by atoms with Crippen LogP contribution in [0.2, 0.25) is 0 Å². The number of nitrogens with zero attached hydrogens (tertiary/aromatic N) is 4. The fourth-order valence-corrected chi connectivity index (χ4v) is 3.05. The van der Waals surface area contributed by atoms with Gasteiger partial charge in [-0.05, 0) is 24.6 Å². The van der Waals surface area contributed by atoms with Gasteiger partial charge in [0, 0.05) is 26.3 Å². The molecule has 0 N–H and O–H groups in total. The molecule has 6 heteroatoms. The smallest absolute Gasteiger partial charge is 0.231 e. The van der Waals surface area contributed by atoms with E-state index in [0.717, 1.165) is 23.5 Å². The lowest BCUT2D eigenvalue weighted by atomic mass is 10.1. The fraction of sp³-hybridized carbons (Fsp3) is 0.389. The first-order valence-electron chi connectivity index (χ1n) is 8.19. The van der Waals surface area contributed by atoms with Gasteiger partial charge in [0.15, 0.2) is 0 Å². The Balaban J connectivity index is 1.92. The van der Waals surface area contributed by atoms with Crippen LogP contribution in [0.25, 0.3) is 0 Å². The molecule has 0 fully saturated rings. The summed E-state index contributed by atoms with van der Waals surface area (Å²) in [5.74, 6) is -0.241. The van der Waals surface area contributed by atoms with E-state index >= 15 is 0 Å². The molecule has 0 spiro atoms. The molecule has 2 aromatic rings. The van der Waals surface area contributed by atoms with Crippen molar-refractivity contribution in [3.8, 4) is 0 Å². The molecule has 3 rings (SSSR count). The zero-order chi connectivity index (χ0) is 17.3. The largest absolute Gasteiger partial charge is 0.313 e. The highest BCUT2D eigenvalue weighted by Crippen LogP contribution is 2.33. The van der Waals surface area contributed by atoms with E-state index in [2.05, 4.69) is 5.10 Å². The number of anilines is 2. The molecule has 1 aromatic heterocycles. The molecule has 1 unspecified atom stereocenters. The summed E-state index contributed by atoms with van der Waals surface area (Å²) in [7, 11) is 1.76. The van der Waals surface area contributed by atoms with Crippen molar-refractivity contribution in [3.63, 3.8) is 0 Å². The first kappa shape index (κ1) is 16.2. The van der Waals surface area contributed by atoms with Gasteiger partial charge in [0.1, 0.15) is 0 Å². The van der Waals surface area contributed by atoms with Gasteiger partial charge in [-0.1, -0.05) is 19.1 Å². The van der Waals surface area contributed by atoms with Gasteiger partial charge < -0.3 is 9.80 Å². The maximum Gasteiger partial charge on any atom is 0.231 e. The Hall–Kier alpha value is -2.63. The Labute approximate surface area is 141 Å². The monoisotopic (exact) mass is 326 g/mol. The van der Waals surface area contributed by atoms with E-state index in [1.54, 1.807) is 27.7 Å². The number of hydrogen-bond acceptors (Lipinski definition) is 3. The van der Waals surface area contributed by atoms with Crippen LogP contribution in [-0.2, 0) is 22.6 Å². The molecule has 0 saturated heterocycles. The van der Waals surface area contributed by atoms with Crippen LogP contribution in [0.15, 0.2) is 36.7 Å². The number of carbonyl (C=O) groups is 2. The van der Waals surface area contributed by atoms with E-state index in [4.69, 9.17) is 0 Å². The second-order valence-electron chi connectivity index (χ2n) is 6.17. The summed E-state index contributed by atoms with van der Waals surface area (Å²) in [6.07, 6.45) is 3.90. The molecule has 2 heterocycles. The topological polar surface area (TPSA) is 58.4 Å². The standard InChI is InChI=1S/C18H22N4O2/c1-4-21-12-14(10-19-21)9-17(23)22-11-13(2)18(24)20(3)15-7-5-6-8-16(15)22/h5-8,10,12-13H,4,9,11H2,1-3H3. The molecule has 1 aromatic carbocycles. The van der Waals surface area contributed by atoms with E-state index in [1.165, 1.54) is 0 Å². The summed E-state index contributed by atoms with van der Waals surface area (Å²) in [4.78, 5) is 28.7. The number of benzene rings is 1. The van der Waals surface area contributed by atoms with Crippen molar-refractivity contribution in [3.05, 3.63) is 42.2 Å². The lowest BCUT2D eigenvalue weighted by Gasteiger charge is -2.23. The Kier molecular flexibility index (Phi) is 4.38. The lowest BCUT2D eigenvalue weighted by molar-refractivity contribution is -0.121. The second-order valence-corrected chi connectivity index (χ2v) is 6.17. The zero-order valence-electron chi connectivity index (χ0n) is 14.3. The van der Waals surface area contributed by atoms with Gasteiger partial charge in [-0.2, -0.15) is 5.10 Å². The van der Waals surface area contributed by atoms with Crippen molar-refractivity contribution in [2.75, 3.05) is 23.4 Å². The van der Waals surface area contributed by atoms with Crippen LogP contribution in [-0.4, -0.2) is 35.2 Å². The third-order valence-corrected chi connectivity index (χ3v) is 4.41. The van der Waals surface area contributed by atoms with Crippen LogP contribution in [0.4, 0.5) is 11.4 Å². The van der Waals surface area contributed by atoms with Crippen molar-refractivity contribution >= 4 is 23.2 Å². The molecule has 1 atom stereocenters. The number of hydrogen-bond donors (Lipinski definition) is 0. The average molecular weight is 326 g/mol. The number of aryl methyl sites for hydroxylation is 1. The molecular weight excluding hydrogens is 304 g/mol. The summed E-state index contributed by atoms with van der Waals surface area (Å²) in [6, 6.07) is 7.54. The van der Waals surface area contributed by atoms with Gasteiger partial charge in [-0.25, -0.2) is 0 Å². The lowest BCUT2D eigenvalue weighted by Crippen LogP contribution is -2.37. The van der Waals surface area contributed by atoms with E-state index in [0.29, 0.717) is 6.54 Å². The number of para-hydroxylation sites is 2. The van der Waals surface area contributed by atoms with Crippen molar-refractivity contribution < 1.29 is 9.59 Å². The molecule has 6 nitrogen and oxygen atoms in total. The van der Waals surface area contributed by atoms with Gasteiger partial charge in [-0.3, -0.25) is 14.3 Å². The zero-order valence-corrected chi connectivity index (χ0v) is 14.3. The van der Waals surface area contributed by atoms with Gasteiger partial charge in [0.05, 0.1) is 29.9 Å². The number of aromatic nitrogens is 2. The highest BCUT2D eigenvalue weighted by molar-refractivity contribution is 6.05. The number of rotatable bonds is 3. The van der Waals surface area contributed by atoms with Crippen LogP contribution in [0.3, 0.4) is 0 Å². The van der Waals surface area contributed by atoms with Crippen LogP contribution < -0.4 is 9.80 Å². The van der Waals surface area contributed by atoms with Crippen LogP contribution in [0.5, 0.6) is 0 Å². The molecule has 126 valence electrons. The van der Waals surface area contributed by atoms with Crippen molar-refractivity contribution in [2.45, 2.75) is 26.8 Å². The number of carbonyl (C=O) groups excluding carboxylic acids is 2. The van der Waals surface area contributed by atoms with E-state index < -0.39 is 0 Å². The average Bonchev–Trinajstić information content (AvgIpc) is 3.02. The Bertz CT molecular complexity index is 768. The minimum atomic E-state index is -0.246. The molecule has 0 aliphatic carbocycles. The van der Waals surface area contributed by atoms with Crippen molar-refractivity contribution in [1.29, 1.82) is 0 Å². The molecule has 0 bridgehead atoms. The Morgan fingerprint density at radius 2 is 2.00 bits per heavy atom. The van der Waals surface area contributed by atoms with E-state index in [9.17, 15) is 9.59 Å². The molecule has 1 aliphatic rings. The van der Waals surface area contributed by atoms with Crippen LogP contribution in [0.1, 0.15) is 19.4 Å². The minimum absolute atomic E-state index is 0.0203. The normalized spacial score (nSPS) is 17.6. The fourth-order valence-electron chi connectivity index (χ4n) is 3.05. The van der Waals surface area contributed by atoms with E-state index in [1.807, 2.05) is 44.3 Å². The molecule has 24 heavy (non-hydrogen) atoms. The third kappa shape index (κ3) is 2.91. The van der Waals surface area contributed by atoms with Crippen LogP contribution >= 0.6 is 0 Å².